The summed E-state index contributed by atoms with van der Waals surface area (Å²) < 4.78 is 5.62. The molecule has 0 aromatic carbocycles. The van der Waals surface area contributed by atoms with E-state index >= 15 is 0 Å². The number of ether oxygens (including phenoxy) is 1. The van der Waals surface area contributed by atoms with Gasteiger partial charge in [-0.15, -0.1) is 0 Å². The third kappa shape index (κ3) is 2.38. The quantitative estimate of drug-likeness (QED) is 0.745. The summed E-state index contributed by atoms with van der Waals surface area (Å²) in [7, 11) is 0. The minimum atomic E-state index is -0.699. The Kier molecular flexibility index (Phi) is 2.97. The molecule has 2 rings (SSSR count). The summed E-state index contributed by atoms with van der Waals surface area (Å²) >= 11 is 0. The Morgan fingerprint density at radius 3 is 2.81 bits per heavy atom. The van der Waals surface area contributed by atoms with Gasteiger partial charge in [-0.25, -0.2) is 0 Å². The van der Waals surface area contributed by atoms with E-state index in [0.29, 0.717) is 12.5 Å². The fourth-order valence-corrected chi connectivity index (χ4v) is 2.30. The van der Waals surface area contributed by atoms with Gasteiger partial charge in [0.1, 0.15) is 0 Å². The summed E-state index contributed by atoms with van der Waals surface area (Å²) in [6.45, 7) is 5.25. The van der Waals surface area contributed by atoms with Crippen LogP contribution in [0.5, 0.6) is 0 Å². The lowest BCUT2D eigenvalue weighted by Gasteiger charge is -2.28. The molecule has 2 aliphatic rings. The standard InChI is InChI=1S/C12H22N2O2/c1-11(6-3-7-16-11)8-14-10(15)12(2,13)9-4-5-9/h9H,3-8,13H2,1-2H3,(H,14,15). The van der Waals surface area contributed by atoms with Crippen molar-refractivity contribution >= 4 is 5.91 Å². The van der Waals surface area contributed by atoms with E-state index in [0.717, 1.165) is 32.3 Å². The Balaban J connectivity index is 1.83. The first-order chi connectivity index (χ1) is 7.44. The molecule has 1 heterocycles. The van der Waals surface area contributed by atoms with E-state index < -0.39 is 5.54 Å². The molecule has 1 saturated carbocycles. The van der Waals surface area contributed by atoms with Crippen LogP contribution in [-0.4, -0.2) is 30.2 Å². The molecule has 92 valence electrons. The molecule has 3 N–H and O–H groups in total. The van der Waals surface area contributed by atoms with E-state index in [1.165, 1.54) is 0 Å². The molecule has 1 aliphatic heterocycles. The summed E-state index contributed by atoms with van der Waals surface area (Å²) in [5.41, 5.74) is 5.16. The molecule has 16 heavy (non-hydrogen) atoms. The van der Waals surface area contributed by atoms with Crippen molar-refractivity contribution in [1.82, 2.24) is 5.32 Å². The SMILES string of the molecule is CC1(CNC(=O)C(C)(N)C2CC2)CCCO1. The van der Waals surface area contributed by atoms with Gasteiger partial charge in [0.2, 0.25) is 5.91 Å². The number of nitrogens with two attached hydrogens (primary N) is 1. The molecule has 1 amide bonds. The van der Waals surface area contributed by atoms with E-state index in [4.69, 9.17) is 10.5 Å². The largest absolute Gasteiger partial charge is 0.373 e. The Morgan fingerprint density at radius 2 is 2.31 bits per heavy atom. The fraction of sp³-hybridized carbons (Fsp3) is 0.917. The number of carbonyl (C=O) groups is 1. The second kappa shape index (κ2) is 4.00. The van der Waals surface area contributed by atoms with Crippen molar-refractivity contribution in [3.05, 3.63) is 0 Å². The topological polar surface area (TPSA) is 64.4 Å². The van der Waals surface area contributed by atoms with Gasteiger partial charge in [-0.1, -0.05) is 0 Å². The van der Waals surface area contributed by atoms with Gasteiger partial charge in [0, 0.05) is 13.2 Å². The Morgan fingerprint density at radius 1 is 1.62 bits per heavy atom. The molecule has 1 aliphatic carbocycles. The molecule has 2 unspecified atom stereocenters. The zero-order valence-electron chi connectivity index (χ0n) is 10.2. The number of amides is 1. The van der Waals surface area contributed by atoms with E-state index in [1.54, 1.807) is 0 Å². The van der Waals surface area contributed by atoms with Crippen LogP contribution in [0.1, 0.15) is 39.5 Å². The second-order valence-corrected chi connectivity index (χ2v) is 5.64. The summed E-state index contributed by atoms with van der Waals surface area (Å²) in [5, 5.41) is 2.94. The van der Waals surface area contributed by atoms with Crippen molar-refractivity contribution in [2.24, 2.45) is 11.7 Å². The highest BCUT2D eigenvalue weighted by molar-refractivity contribution is 5.86. The Hall–Kier alpha value is -0.610. The van der Waals surface area contributed by atoms with Crippen molar-refractivity contribution in [2.45, 2.75) is 50.7 Å². The maximum Gasteiger partial charge on any atom is 0.240 e. The van der Waals surface area contributed by atoms with Gasteiger partial charge in [0.25, 0.3) is 0 Å². The summed E-state index contributed by atoms with van der Waals surface area (Å²) in [6.07, 6.45) is 4.25. The van der Waals surface area contributed by atoms with Crippen molar-refractivity contribution in [1.29, 1.82) is 0 Å². The van der Waals surface area contributed by atoms with E-state index in [9.17, 15) is 4.79 Å². The molecule has 0 bridgehead atoms. The summed E-state index contributed by atoms with van der Waals surface area (Å²) in [4.78, 5) is 12.0. The Bertz CT molecular complexity index is 279. The highest BCUT2D eigenvalue weighted by Crippen LogP contribution is 2.38. The maximum atomic E-state index is 12.0. The van der Waals surface area contributed by atoms with Crippen molar-refractivity contribution in [3.8, 4) is 0 Å². The first-order valence-electron chi connectivity index (χ1n) is 6.15. The van der Waals surface area contributed by atoms with Gasteiger partial charge >= 0.3 is 0 Å². The fourth-order valence-electron chi connectivity index (χ4n) is 2.30. The van der Waals surface area contributed by atoms with Crippen molar-refractivity contribution in [3.63, 3.8) is 0 Å². The molecule has 2 fully saturated rings. The van der Waals surface area contributed by atoms with Gasteiger partial charge in [-0.05, 0) is 45.4 Å². The molecular formula is C12H22N2O2. The number of hydrogen-bond acceptors (Lipinski definition) is 3. The molecule has 4 nitrogen and oxygen atoms in total. The lowest BCUT2D eigenvalue weighted by Crippen LogP contribution is -2.55. The second-order valence-electron chi connectivity index (χ2n) is 5.64. The normalized spacial score (nSPS) is 33.4. The van der Waals surface area contributed by atoms with Crippen LogP contribution in [0.25, 0.3) is 0 Å². The molecule has 0 aromatic rings. The predicted octanol–water partition coefficient (Wildman–Crippen LogP) is 0.799. The summed E-state index contributed by atoms with van der Waals surface area (Å²) in [5.74, 6) is 0.330. The van der Waals surface area contributed by atoms with Gasteiger partial charge in [0.15, 0.2) is 0 Å². The lowest BCUT2D eigenvalue weighted by molar-refractivity contribution is -0.127. The average Bonchev–Trinajstić information content (AvgIpc) is 3.00. The Labute approximate surface area is 96.9 Å². The van der Waals surface area contributed by atoms with Gasteiger partial charge in [0.05, 0.1) is 11.1 Å². The molecule has 0 aromatic heterocycles. The highest BCUT2D eigenvalue weighted by Gasteiger charge is 2.44. The minimum Gasteiger partial charge on any atom is -0.373 e. The van der Waals surface area contributed by atoms with Crippen LogP contribution in [0.15, 0.2) is 0 Å². The van der Waals surface area contributed by atoms with Crippen LogP contribution in [0, 0.1) is 5.92 Å². The minimum absolute atomic E-state index is 0.0354. The first kappa shape index (κ1) is 11.9. The number of rotatable bonds is 4. The molecule has 0 spiro atoms. The van der Waals surface area contributed by atoms with Crippen molar-refractivity contribution in [2.75, 3.05) is 13.2 Å². The molecular weight excluding hydrogens is 204 g/mol. The molecule has 0 radical (unpaired) electrons. The van der Waals surface area contributed by atoms with E-state index in [2.05, 4.69) is 5.32 Å². The van der Waals surface area contributed by atoms with Crippen LogP contribution >= 0.6 is 0 Å². The average molecular weight is 226 g/mol. The van der Waals surface area contributed by atoms with Gasteiger partial charge < -0.3 is 15.8 Å². The smallest absolute Gasteiger partial charge is 0.240 e. The summed E-state index contributed by atoms with van der Waals surface area (Å²) in [6, 6.07) is 0. The zero-order chi connectivity index (χ0) is 11.8. The highest BCUT2D eigenvalue weighted by atomic mass is 16.5. The monoisotopic (exact) mass is 226 g/mol. The molecule has 1 saturated heterocycles. The molecule has 4 heteroatoms. The van der Waals surface area contributed by atoms with E-state index in [-0.39, 0.29) is 11.5 Å². The van der Waals surface area contributed by atoms with Crippen LogP contribution in [0.2, 0.25) is 0 Å². The van der Waals surface area contributed by atoms with Crippen LogP contribution in [-0.2, 0) is 9.53 Å². The molecule has 2 atom stereocenters. The van der Waals surface area contributed by atoms with Crippen LogP contribution in [0.4, 0.5) is 0 Å². The predicted molar refractivity (Wildman–Crippen MR) is 61.9 cm³/mol. The third-order valence-corrected chi connectivity index (χ3v) is 3.84. The first-order valence-corrected chi connectivity index (χ1v) is 6.15. The number of carbonyl (C=O) groups excluding carboxylic acids is 1. The van der Waals surface area contributed by atoms with Gasteiger partial charge in [-0.2, -0.15) is 0 Å². The van der Waals surface area contributed by atoms with Crippen molar-refractivity contribution < 1.29 is 9.53 Å². The maximum absolute atomic E-state index is 12.0. The van der Waals surface area contributed by atoms with Gasteiger partial charge in [-0.3, -0.25) is 4.79 Å². The van der Waals surface area contributed by atoms with Crippen LogP contribution < -0.4 is 11.1 Å². The number of nitrogens with one attached hydrogen (secondary N) is 1. The zero-order valence-corrected chi connectivity index (χ0v) is 10.2. The lowest BCUT2D eigenvalue weighted by atomic mass is 9.95. The third-order valence-electron chi connectivity index (χ3n) is 3.84. The van der Waals surface area contributed by atoms with Crippen LogP contribution in [0.3, 0.4) is 0 Å². The number of hydrogen-bond donors (Lipinski definition) is 2. The van der Waals surface area contributed by atoms with E-state index in [1.807, 2.05) is 13.8 Å².